The van der Waals surface area contributed by atoms with Crippen molar-refractivity contribution in [3.05, 3.63) is 33.8 Å². The molecule has 1 atom stereocenters. The van der Waals surface area contributed by atoms with Gasteiger partial charge < -0.3 is 5.32 Å². The zero-order valence-corrected chi connectivity index (χ0v) is 11.4. The van der Waals surface area contributed by atoms with Crippen molar-refractivity contribution >= 4 is 29.6 Å². The minimum absolute atomic E-state index is 0.0242. The van der Waals surface area contributed by atoms with Gasteiger partial charge in [0.15, 0.2) is 0 Å². The van der Waals surface area contributed by atoms with Gasteiger partial charge in [-0.1, -0.05) is 55.5 Å². The van der Waals surface area contributed by atoms with Crippen LogP contribution in [0.15, 0.2) is 18.2 Å². The number of hydrogen-bond donors (Lipinski definition) is 1. The lowest BCUT2D eigenvalue weighted by Gasteiger charge is -2.17. The molecule has 1 aromatic carbocycles. The molecule has 0 heterocycles. The third kappa shape index (κ3) is 4.57. The van der Waals surface area contributed by atoms with E-state index in [9.17, 15) is 4.79 Å². The van der Waals surface area contributed by atoms with Crippen molar-refractivity contribution in [1.82, 2.24) is 5.32 Å². The van der Waals surface area contributed by atoms with Gasteiger partial charge >= 0.3 is 0 Å². The number of carbonyl (C=O) groups excluding carboxylic acids is 1. The number of unbranched alkanes of at least 4 members (excludes halogenated alkanes) is 2. The van der Waals surface area contributed by atoms with E-state index in [-0.39, 0.29) is 6.04 Å². The maximum Gasteiger partial charge on any atom is 0.207 e. The molecule has 94 valence electrons. The fourth-order valence-electron chi connectivity index (χ4n) is 1.79. The summed E-state index contributed by atoms with van der Waals surface area (Å²) in [7, 11) is 0. The summed E-state index contributed by atoms with van der Waals surface area (Å²) in [5.74, 6) is 0. The second kappa shape index (κ2) is 7.57. The molecule has 0 aliphatic carbocycles. The Bertz CT molecular complexity index is 368. The summed E-state index contributed by atoms with van der Waals surface area (Å²) in [5.41, 5.74) is 0.930. The molecule has 0 aliphatic rings. The number of hydrogen-bond acceptors (Lipinski definition) is 1. The lowest BCUT2D eigenvalue weighted by atomic mass is 10.0. The van der Waals surface area contributed by atoms with E-state index in [4.69, 9.17) is 23.2 Å². The molecule has 1 rings (SSSR count). The van der Waals surface area contributed by atoms with Crippen molar-refractivity contribution in [2.24, 2.45) is 0 Å². The molecule has 1 amide bonds. The van der Waals surface area contributed by atoms with Crippen molar-refractivity contribution in [2.75, 3.05) is 0 Å². The maximum absolute atomic E-state index is 10.6. The predicted octanol–water partition coefficient (Wildman–Crippen LogP) is 4.36. The molecule has 2 nitrogen and oxygen atoms in total. The quantitative estimate of drug-likeness (QED) is 0.581. The van der Waals surface area contributed by atoms with Crippen LogP contribution in [0.2, 0.25) is 10.0 Å². The fraction of sp³-hybridized carbons (Fsp3) is 0.462. The van der Waals surface area contributed by atoms with Gasteiger partial charge in [0.25, 0.3) is 0 Å². The topological polar surface area (TPSA) is 29.1 Å². The average molecular weight is 274 g/mol. The highest BCUT2D eigenvalue weighted by Gasteiger charge is 2.13. The van der Waals surface area contributed by atoms with Crippen LogP contribution < -0.4 is 5.32 Å². The van der Waals surface area contributed by atoms with Crippen LogP contribution in [0, 0.1) is 0 Å². The second-order valence-electron chi connectivity index (χ2n) is 4.00. The molecule has 1 aromatic rings. The normalized spacial score (nSPS) is 12.2. The molecule has 1 unspecified atom stereocenters. The first kappa shape index (κ1) is 14.3. The van der Waals surface area contributed by atoms with E-state index in [1.807, 2.05) is 6.07 Å². The number of nitrogens with one attached hydrogen (secondary N) is 1. The van der Waals surface area contributed by atoms with Crippen LogP contribution in [0.5, 0.6) is 0 Å². The van der Waals surface area contributed by atoms with Gasteiger partial charge in [-0.3, -0.25) is 4.79 Å². The van der Waals surface area contributed by atoms with Crippen molar-refractivity contribution in [2.45, 2.75) is 38.6 Å². The summed E-state index contributed by atoms with van der Waals surface area (Å²) in [5, 5.41) is 4.02. The van der Waals surface area contributed by atoms with Gasteiger partial charge in [-0.05, 0) is 24.1 Å². The van der Waals surface area contributed by atoms with Crippen LogP contribution in [-0.4, -0.2) is 6.41 Å². The summed E-state index contributed by atoms with van der Waals surface area (Å²) < 4.78 is 0. The SMILES string of the molecule is CCCCCC(NC=O)c1ccc(Cl)cc1Cl. The zero-order valence-electron chi connectivity index (χ0n) is 9.88. The largest absolute Gasteiger partial charge is 0.352 e. The Kier molecular flexibility index (Phi) is 6.38. The molecule has 1 N–H and O–H groups in total. The van der Waals surface area contributed by atoms with Crippen LogP contribution in [0.3, 0.4) is 0 Å². The van der Waals surface area contributed by atoms with Crippen molar-refractivity contribution in [3.8, 4) is 0 Å². The average Bonchev–Trinajstić information content (AvgIpc) is 2.28. The van der Waals surface area contributed by atoms with Gasteiger partial charge in [0, 0.05) is 10.0 Å². The first-order valence-electron chi connectivity index (χ1n) is 5.83. The van der Waals surface area contributed by atoms with E-state index in [0.717, 1.165) is 37.7 Å². The summed E-state index contributed by atoms with van der Waals surface area (Å²) >= 11 is 12.0. The number of halogens is 2. The Balaban J connectivity index is 2.77. The maximum atomic E-state index is 10.6. The minimum Gasteiger partial charge on any atom is -0.352 e. The molecular weight excluding hydrogens is 257 g/mol. The molecule has 0 aliphatic heterocycles. The number of carbonyl (C=O) groups is 1. The molecule has 0 radical (unpaired) electrons. The Morgan fingerprint density at radius 3 is 2.71 bits per heavy atom. The lowest BCUT2D eigenvalue weighted by molar-refractivity contribution is -0.110. The monoisotopic (exact) mass is 273 g/mol. The van der Waals surface area contributed by atoms with E-state index in [1.54, 1.807) is 12.1 Å². The van der Waals surface area contributed by atoms with Gasteiger partial charge in [-0.15, -0.1) is 0 Å². The molecule has 0 bridgehead atoms. The van der Waals surface area contributed by atoms with E-state index in [2.05, 4.69) is 12.2 Å². The molecule has 0 fully saturated rings. The van der Waals surface area contributed by atoms with E-state index in [1.165, 1.54) is 0 Å². The van der Waals surface area contributed by atoms with E-state index in [0.29, 0.717) is 10.0 Å². The van der Waals surface area contributed by atoms with Crippen molar-refractivity contribution in [3.63, 3.8) is 0 Å². The van der Waals surface area contributed by atoms with Crippen LogP contribution >= 0.6 is 23.2 Å². The molecule has 4 heteroatoms. The zero-order chi connectivity index (χ0) is 12.7. The Labute approximate surface area is 112 Å². The van der Waals surface area contributed by atoms with Crippen LogP contribution in [0.1, 0.15) is 44.2 Å². The molecule has 0 saturated heterocycles. The van der Waals surface area contributed by atoms with Gasteiger partial charge in [-0.2, -0.15) is 0 Å². The standard InChI is InChI=1S/C13H17Cl2NO/c1-2-3-4-5-13(16-9-17)11-7-6-10(14)8-12(11)15/h6-9,13H,2-5H2,1H3,(H,16,17). The summed E-state index contributed by atoms with van der Waals surface area (Å²) in [6.45, 7) is 2.15. The van der Waals surface area contributed by atoms with E-state index < -0.39 is 0 Å². The van der Waals surface area contributed by atoms with Gasteiger partial charge in [0.1, 0.15) is 0 Å². The van der Waals surface area contributed by atoms with Gasteiger partial charge in [0.05, 0.1) is 6.04 Å². The van der Waals surface area contributed by atoms with E-state index >= 15 is 0 Å². The third-order valence-corrected chi connectivity index (χ3v) is 3.27. The molecular formula is C13H17Cl2NO. The summed E-state index contributed by atoms with van der Waals surface area (Å²) in [6, 6.07) is 5.35. The molecule has 0 spiro atoms. The van der Waals surface area contributed by atoms with Crippen LogP contribution in [-0.2, 0) is 4.79 Å². The Morgan fingerprint density at radius 1 is 1.35 bits per heavy atom. The number of amides is 1. The van der Waals surface area contributed by atoms with Crippen molar-refractivity contribution in [1.29, 1.82) is 0 Å². The Morgan fingerprint density at radius 2 is 2.12 bits per heavy atom. The van der Waals surface area contributed by atoms with Crippen LogP contribution in [0.4, 0.5) is 0 Å². The first-order chi connectivity index (χ1) is 8.19. The highest BCUT2D eigenvalue weighted by molar-refractivity contribution is 6.35. The number of rotatable bonds is 7. The third-order valence-electron chi connectivity index (χ3n) is 2.70. The molecule has 0 saturated carbocycles. The second-order valence-corrected chi connectivity index (χ2v) is 4.84. The minimum atomic E-state index is -0.0242. The van der Waals surface area contributed by atoms with Crippen LogP contribution in [0.25, 0.3) is 0 Å². The van der Waals surface area contributed by atoms with Gasteiger partial charge in [-0.25, -0.2) is 0 Å². The molecule has 17 heavy (non-hydrogen) atoms. The highest BCUT2D eigenvalue weighted by Crippen LogP contribution is 2.29. The Hall–Kier alpha value is -0.730. The summed E-state index contributed by atoms with van der Waals surface area (Å²) in [6.07, 6.45) is 5.00. The lowest BCUT2D eigenvalue weighted by Crippen LogP contribution is -2.19. The highest BCUT2D eigenvalue weighted by atomic mass is 35.5. The molecule has 0 aromatic heterocycles. The van der Waals surface area contributed by atoms with Gasteiger partial charge in [0.2, 0.25) is 6.41 Å². The predicted molar refractivity (Wildman–Crippen MR) is 72.5 cm³/mol. The number of benzene rings is 1. The fourth-order valence-corrected chi connectivity index (χ4v) is 2.33. The smallest absolute Gasteiger partial charge is 0.207 e. The van der Waals surface area contributed by atoms with Crippen molar-refractivity contribution < 1.29 is 4.79 Å². The summed E-state index contributed by atoms with van der Waals surface area (Å²) in [4.78, 5) is 10.6. The first-order valence-corrected chi connectivity index (χ1v) is 6.59.